The molecule has 26 heavy (non-hydrogen) atoms. The highest BCUT2D eigenvalue weighted by atomic mass is 16.5. The minimum atomic E-state index is -1.41. The second-order valence-electron chi connectivity index (χ2n) is 6.16. The van der Waals surface area contributed by atoms with Crippen LogP contribution in [-0.2, 0) is 19.1 Å². The first kappa shape index (κ1) is 19.6. The molecule has 1 aliphatic heterocycles. The predicted octanol–water partition coefficient (Wildman–Crippen LogP) is 1.24. The third-order valence-electron chi connectivity index (χ3n) is 3.52. The molecule has 1 aromatic rings. The highest BCUT2D eigenvalue weighted by molar-refractivity contribution is 6.13. The van der Waals surface area contributed by atoms with E-state index in [1.807, 2.05) is 13.8 Å². The molecule has 0 amide bonds. The van der Waals surface area contributed by atoms with E-state index in [4.69, 9.17) is 14.6 Å². The Morgan fingerprint density at radius 2 is 2.04 bits per heavy atom. The van der Waals surface area contributed by atoms with Crippen LogP contribution in [0.5, 0.6) is 0 Å². The number of aromatic nitrogens is 2. The van der Waals surface area contributed by atoms with Gasteiger partial charge in [0.2, 0.25) is 0 Å². The van der Waals surface area contributed by atoms with Gasteiger partial charge in [-0.05, 0) is 39.8 Å². The largest absolute Gasteiger partial charge is 0.477 e. The Morgan fingerprint density at radius 1 is 1.38 bits per heavy atom. The normalized spacial score (nSPS) is 20.8. The van der Waals surface area contributed by atoms with Crippen molar-refractivity contribution in [2.24, 2.45) is 0 Å². The number of nitrogens with zero attached hydrogens (tertiary/aromatic N) is 3. The molecule has 0 saturated carbocycles. The smallest absolute Gasteiger partial charge is 0.347 e. The van der Waals surface area contributed by atoms with E-state index in [9.17, 15) is 9.59 Å². The summed E-state index contributed by atoms with van der Waals surface area (Å²) in [6.07, 6.45) is 0.555. The standard InChI is InChI=1S/C17H23N4O5/c1-10(2)25-17(24)13(16(22)23)7-18-14-5-6-15(20-19-14)21-8-11(3)26-12(4)9-21/h5-7,10-12H,1,8-9H2,2-4H3,(H,18,19)(H,22,23). The molecule has 1 aliphatic rings. The van der Waals surface area contributed by atoms with E-state index in [0.717, 1.165) is 6.20 Å². The van der Waals surface area contributed by atoms with E-state index in [-0.39, 0.29) is 12.2 Å². The van der Waals surface area contributed by atoms with Crippen LogP contribution in [0.25, 0.3) is 0 Å². The lowest BCUT2D eigenvalue weighted by molar-refractivity contribution is -0.146. The number of aliphatic carboxylic acids is 1. The van der Waals surface area contributed by atoms with Crippen molar-refractivity contribution in [2.75, 3.05) is 23.3 Å². The monoisotopic (exact) mass is 363 g/mol. The summed E-state index contributed by atoms with van der Waals surface area (Å²) in [5.74, 6) is -1.39. The van der Waals surface area contributed by atoms with E-state index >= 15 is 0 Å². The molecule has 1 fully saturated rings. The molecular formula is C17H23N4O5. The molecule has 141 valence electrons. The van der Waals surface area contributed by atoms with Crippen LogP contribution in [0.3, 0.4) is 0 Å². The number of carbonyl (C=O) groups excluding carboxylic acids is 1. The molecular weight excluding hydrogens is 340 g/mol. The number of carbonyl (C=O) groups is 2. The van der Waals surface area contributed by atoms with Crippen molar-refractivity contribution in [1.82, 2.24) is 10.2 Å². The zero-order valence-electron chi connectivity index (χ0n) is 15.0. The van der Waals surface area contributed by atoms with Gasteiger partial charge in [0.1, 0.15) is 0 Å². The topological polar surface area (TPSA) is 114 Å². The van der Waals surface area contributed by atoms with Gasteiger partial charge in [0.25, 0.3) is 0 Å². The molecule has 0 bridgehead atoms. The molecule has 2 rings (SSSR count). The summed E-state index contributed by atoms with van der Waals surface area (Å²) in [5.41, 5.74) is -0.554. The van der Waals surface area contributed by atoms with Crippen molar-refractivity contribution in [3.05, 3.63) is 30.8 Å². The number of anilines is 2. The molecule has 1 radical (unpaired) electrons. The first-order valence-electron chi connectivity index (χ1n) is 8.24. The molecule has 3 atom stereocenters. The number of rotatable bonds is 6. The van der Waals surface area contributed by atoms with E-state index in [0.29, 0.717) is 24.7 Å². The van der Waals surface area contributed by atoms with Gasteiger partial charge in [0.15, 0.2) is 17.2 Å². The van der Waals surface area contributed by atoms with Crippen molar-refractivity contribution in [2.45, 2.75) is 39.1 Å². The Labute approximate surface area is 152 Å². The molecule has 9 nitrogen and oxygen atoms in total. The van der Waals surface area contributed by atoms with Crippen LogP contribution in [0.4, 0.5) is 11.6 Å². The van der Waals surface area contributed by atoms with Crippen LogP contribution in [0.2, 0.25) is 0 Å². The lowest BCUT2D eigenvalue weighted by Gasteiger charge is -2.35. The van der Waals surface area contributed by atoms with Crippen LogP contribution >= 0.6 is 0 Å². The fraction of sp³-hybridized carbons (Fsp3) is 0.471. The maximum absolute atomic E-state index is 11.7. The van der Waals surface area contributed by atoms with Gasteiger partial charge < -0.3 is 24.8 Å². The fourth-order valence-corrected chi connectivity index (χ4v) is 2.54. The Balaban J connectivity index is 2.05. The fourth-order valence-electron chi connectivity index (χ4n) is 2.54. The van der Waals surface area contributed by atoms with E-state index in [1.165, 1.54) is 6.92 Å². The number of hydrogen-bond donors (Lipinski definition) is 2. The third-order valence-corrected chi connectivity index (χ3v) is 3.52. The lowest BCUT2D eigenvalue weighted by Crippen LogP contribution is -2.45. The Kier molecular flexibility index (Phi) is 6.51. The van der Waals surface area contributed by atoms with Gasteiger partial charge in [0, 0.05) is 19.3 Å². The second-order valence-corrected chi connectivity index (χ2v) is 6.16. The number of carboxylic acids is 1. The summed E-state index contributed by atoms with van der Waals surface area (Å²) < 4.78 is 10.5. The molecule has 0 aromatic carbocycles. The molecule has 2 N–H and O–H groups in total. The second kappa shape index (κ2) is 8.61. The van der Waals surface area contributed by atoms with Crippen LogP contribution in [0.15, 0.2) is 23.9 Å². The molecule has 2 heterocycles. The zero-order valence-corrected chi connectivity index (χ0v) is 15.0. The first-order valence-corrected chi connectivity index (χ1v) is 8.24. The molecule has 1 aromatic heterocycles. The van der Waals surface area contributed by atoms with Crippen LogP contribution in [-0.4, -0.2) is 58.6 Å². The van der Waals surface area contributed by atoms with Gasteiger partial charge in [-0.3, -0.25) is 0 Å². The van der Waals surface area contributed by atoms with Crippen LogP contribution in [0, 0.1) is 6.92 Å². The highest BCUT2D eigenvalue weighted by Crippen LogP contribution is 2.18. The maximum atomic E-state index is 11.7. The number of morpholine rings is 1. The van der Waals surface area contributed by atoms with Crippen molar-refractivity contribution in [3.63, 3.8) is 0 Å². The predicted molar refractivity (Wildman–Crippen MR) is 94.5 cm³/mol. The number of hydrogen-bond acceptors (Lipinski definition) is 8. The number of esters is 1. The summed E-state index contributed by atoms with van der Waals surface area (Å²) in [4.78, 5) is 25.0. The molecule has 0 spiro atoms. The van der Waals surface area contributed by atoms with Gasteiger partial charge in [-0.2, -0.15) is 0 Å². The number of nitrogens with one attached hydrogen (secondary N) is 1. The van der Waals surface area contributed by atoms with E-state index in [1.54, 1.807) is 12.1 Å². The van der Waals surface area contributed by atoms with Gasteiger partial charge in [-0.1, -0.05) is 0 Å². The zero-order chi connectivity index (χ0) is 19.3. The average molecular weight is 363 g/mol. The maximum Gasteiger partial charge on any atom is 0.347 e. The highest BCUT2D eigenvalue weighted by Gasteiger charge is 2.23. The summed E-state index contributed by atoms with van der Waals surface area (Å²) in [5, 5.41) is 19.9. The molecule has 1 saturated heterocycles. The summed E-state index contributed by atoms with van der Waals surface area (Å²) in [7, 11) is 0. The lowest BCUT2D eigenvalue weighted by atomic mass is 10.2. The first-order chi connectivity index (χ1) is 12.3. The van der Waals surface area contributed by atoms with Crippen molar-refractivity contribution in [3.8, 4) is 0 Å². The molecule has 0 aliphatic carbocycles. The van der Waals surface area contributed by atoms with Gasteiger partial charge >= 0.3 is 11.9 Å². The minimum Gasteiger partial charge on any atom is -0.477 e. The van der Waals surface area contributed by atoms with Crippen molar-refractivity contribution < 1.29 is 24.2 Å². The van der Waals surface area contributed by atoms with E-state index < -0.39 is 23.6 Å². The summed E-state index contributed by atoms with van der Waals surface area (Å²) in [6.45, 7) is 10.4. The van der Waals surface area contributed by atoms with Crippen LogP contribution in [0.1, 0.15) is 20.8 Å². The molecule has 3 unspecified atom stereocenters. The third kappa shape index (κ3) is 5.41. The minimum absolute atomic E-state index is 0.0980. The number of carboxylic acid groups (broad SMARTS) is 1. The summed E-state index contributed by atoms with van der Waals surface area (Å²) >= 11 is 0. The Morgan fingerprint density at radius 3 is 2.54 bits per heavy atom. The van der Waals surface area contributed by atoms with Gasteiger partial charge in [-0.25, -0.2) is 9.59 Å². The summed E-state index contributed by atoms with van der Waals surface area (Å²) in [6, 6.07) is 3.42. The van der Waals surface area contributed by atoms with Crippen molar-refractivity contribution in [1.29, 1.82) is 0 Å². The number of ether oxygens (including phenoxy) is 2. The molecule has 9 heteroatoms. The average Bonchev–Trinajstić information content (AvgIpc) is 2.53. The van der Waals surface area contributed by atoms with Gasteiger partial charge in [-0.15, -0.1) is 10.2 Å². The quantitative estimate of drug-likeness (QED) is 0.333. The SMILES string of the molecule is [CH2]C(C)OC(=O)C(=CNc1ccc(N2CC(C)OC(C)C2)nn1)C(=O)O. The van der Waals surface area contributed by atoms with Crippen molar-refractivity contribution >= 4 is 23.6 Å². The van der Waals surface area contributed by atoms with E-state index in [2.05, 4.69) is 27.3 Å². The Bertz CT molecular complexity index is 664. The van der Waals surface area contributed by atoms with Crippen LogP contribution < -0.4 is 10.2 Å². The Hall–Kier alpha value is -2.68. The van der Waals surface area contributed by atoms with Gasteiger partial charge in [0.05, 0.1) is 18.3 Å².